The predicted molar refractivity (Wildman–Crippen MR) is 110 cm³/mol. The highest BCUT2D eigenvalue weighted by Gasteiger charge is 2.20. The normalized spacial score (nSPS) is 11.9. The van der Waals surface area contributed by atoms with Crippen molar-refractivity contribution in [2.24, 2.45) is 5.73 Å². The minimum atomic E-state index is -0.388. The van der Waals surface area contributed by atoms with Gasteiger partial charge in [-0.1, -0.05) is 61.2 Å². The molecule has 0 unspecified atom stereocenters. The number of rotatable bonds is 9. The summed E-state index contributed by atoms with van der Waals surface area (Å²) in [4.78, 5) is 11.2. The van der Waals surface area contributed by atoms with Gasteiger partial charge in [0.05, 0.1) is 11.8 Å². The van der Waals surface area contributed by atoms with E-state index in [0.717, 1.165) is 17.7 Å². The van der Waals surface area contributed by atoms with Gasteiger partial charge in [0.1, 0.15) is 12.4 Å². The smallest absolute Gasteiger partial charge is 0.227 e. The summed E-state index contributed by atoms with van der Waals surface area (Å²) >= 11 is 1.28. The molecule has 0 aliphatic heterocycles. The number of benzene rings is 2. The molecule has 1 atom stereocenters. The van der Waals surface area contributed by atoms with E-state index in [1.807, 2.05) is 34.9 Å². The van der Waals surface area contributed by atoms with Gasteiger partial charge < -0.3 is 10.5 Å². The van der Waals surface area contributed by atoms with Crippen LogP contribution in [0.4, 0.5) is 0 Å². The number of nitrogens with zero attached hydrogens (tertiary/aromatic N) is 3. The van der Waals surface area contributed by atoms with Crippen molar-refractivity contribution in [3.05, 3.63) is 71.5 Å². The summed E-state index contributed by atoms with van der Waals surface area (Å²) in [5.41, 5.74) is 7.69. The van der Waals surface area contributed by atoms with Crippen molar-refractivity contribution >= 4 is 17.7 Å². The fourth-order valence-electron chi connectivity index (χ4n) is 2.88. The second-order valence-corrected chi connectivity index (χ2v) is 7.34. The van der Waals surface area contributed by atoms with Crippen LogP contribution in [0.3, 0.4) is 0 Å². The van der Waals surface area contributed by atoms with Crippen molar-refractivity contribution in [2.75, 3.05) is 5.75 Å². The molecule has 28 heavy (non-hydrogen) atoms. The molecule has 1 aromatic heterocycles. The number of ether oxygens (including phenoxy) is 1. The first-order chi connectivity index (χ1) is 13.6. The number of aromatic nitrogens is 3. The summed E-state index contributed by atoms with van der Waals surface area (Å²) in [6.07, 6.45) is 0.990. The van der Waals surface area contributed by atoms with E-state index >= 15 is 0 Å². The Morgan fingerprint density at radius 1 is 1.14 bits per heavy atom. The minimum Gasteiger partial charge on any atom is -0.486 e. The van der Waals surface area contributed by atoms with Gasteiger partial charge in [0.2, 0.25) is 5.91 Å². The molecule has 0 saturated carbocycles. The van der Waals surface area contributed by atoms with Crippen molar-refractivity contribution in [3.8, 4) is 5.75 Å². The molecule has 1 heterocycles. The van der Waals surface area contributed by atoms with Crippen LogP contribution in [0.2, 0.25) is 0 Å². The van der Waals surface area contributed by atoms with E-state index in [-0.39, 0.29) is 24.3 Å². The van der Waals surface area contributed by atoms with Crippen LogP contribution < -0.4 is 10.5 Å². The highest BCUT2D eigenvalue weighted by Crippen LogP contribution is 2.27. The van der Waals surface area contributed by atoms with Crippen LogP contribution in [0.5, 0.6) is 5.75 Å². The minimum absolute atomic E-state index is 0.00681. The zero-order valence-corrected chi connectivity index (χ0v) is 16.9. The summed E-state index contributed by atoms with van der Waals surface area (Å²) in [7, 11) is 0. The van der Waals surface area contributed by atoms with Gasteiger partial charge in [-0.05, 0) is 36.6 Å². The lowest BCUT2D eigenvalue weighted by Crippen LogP contribution is -2.16. The van der Waals surface area contributed by atoms with E-state index in [9.17, 15) is 4.79 Å². The summed E-state index contributed by atoms with van der Waals surface area (Å²) in [5.74, 6) is 1.24. The van der Waals surface area contributed by atoms with E-state index in [4.69, 9.17) is 10.5 Å². The van der Waals surface area contributed by atoms with Gasteiger partial charge in [-0.2, -0.15) is 0 Å². The maximum absolute atomic E-state index is 11.2. The Morgan fingerprint density at radius 2 is 1.86 bits per heavy atom. The third-order valence-corrected chi connectivity index (χ3v) is 5.41. The molecule has 2 N–H and O–H groups in total. The zero-order chi connectivity index (χ0) is 19.9. The predicted octanol–water partition coefficient (Wildman–Crippen LogP) is 3.61. The number of aryl methyl sites for hydroxylation is 1. The molecular weight excluding hydrogens is 372 g/mol. The Labute approximate surface area is 169 Å². The van der Waals surface area contributed by atoms with Gasteiger partial charge in [-0.3, -0.25) is 9.36 Å². The lowest BCUT2D eigenvalue weighted by atomic mass is 10.1. The number of amides is 1. The van der Waals surface area contributed by atoms with Gasteiger partial charge in [0, 0.05) is 0 Å². The Balaban J connectivity index is 1.83. The van der Waals surface area contributed by atoms with Crippen LogP contribution >= 0.6 is 11.8 Å². The van der Waals surface area contributed by atoms with Crippen molar-refractivity contribution in [1.29, 1.82) is 0 Å². The largest absolute Gasteiger partial charge is 0.486 e. The fourth-order valence-corrected chi connectivity index (χ4v) is 3.65. The Bertz CT molecular complexity index is 910. The Morgan fingerprint density at radius 3 is 2.50 bits per heavy atom. The van der Waals surface area contributed by atoms with Crippen LogP contribution in [-0.4, -0.2) is 26.4 Å². The molecule has 0 aliphatic carbocycles. The number of primary amides is 1. The first-order valence-electron chi connectivity index (χ1n) is 9.20. The number of hydrogen-bond donors (Lipinski definition) is 1. The molecule has 7 heteroatoms. The molecule has 3 rings (SSSR count). The quantitative estimate of drug-likeness (QED) is 0.559. The zero-order valence-electron chi connectivity index (χ0n) is 16.0. The Hall–Kier alpha value is -2.80. The average molecular weight is 397 g/mol. The van der Waals surface area contributed by atoms with Crippen molar-refractivity contribution in [1.82, 2.24) is 14.8 Å². The molecule has 2 aromatic carbocycles. The van der Waals surface area contributed by atoms with Gasteiger partial charge in [-0.15, -0.1) is 10.2 Å². The topological polar surface area (TPSA) is 83.0 Å². The van der Waals surface area contributed by atoms with E-state index < -0.39 is 0 Å². The number of thioether (sulfide) groups is 1. The molecule has 6 nitrogen and oxygen atoms in total. The summed E-state index contributed by atoms with van der Waals surface area (Å²) in [6, 6.07) is 18.1. The van der Waals surface area contributed by atoms with Crippen LogP contribution in [-0.2, 0) is 17.8 Å². The molecule has 0 bridgehead atoms. The monoisotopic (exact) mass is 396 g/mol. The van der Waals surface area contributed by atoms with Crippen LogP contribution in [0.25, 0.3) is 0 Å². The molecule has 0 spiro atoms. The van der Waals surface area contributed by atoms with Gasteiger partial charge >= 0.3 is 0 Å². The number of nitrogens with two attached hydrogens (primary N) is 1. The third kappa shape index (κ3) is 4.92. The molecule has 3 aromatic rings. The standard InChI is InChI=1S/C21H24N4O2S/c1-3-16-9-11-18(12-10-16)27-13-20-23-24-21(28-14-19(22)26)25(20)15(2)17-7-5-4-6-8-17/h4-12,15H,3,13-14H2,1-2H3,(H2,22,26)/t15-/m1/s1. The van der Waals surface area contributed by atoms with Gasteiger partial charge in [0.15, 0.2) is 11.0 Å². The average Bonchev–Trinajstić information content (AvgIpc) is 3.14. The molecule has 0 radical (unpaired) electrons. The molecule has 1 amide bonds. The molecule has 0 saturated heterocycles. The molecular formula is C21H24N4O2S. The maximum atomic E-state index is 11.2. The lowest BCUT2D eigenvalue weighted by molar-refractivity contribution is -0.115. The van der Waals surface area contributed by atoms with E-state index in [0.29, 0.717) is 11.0 Å². The van der Waals surface area contributed by atoms with Crippen molar-refractivity contribution in [2.45, 2.75) is 38.1 Å². The van der Waals surface area contributed by atoms with Gasteiger partial charge in [-0.25, -0.2) is 0 Å². The molecule has 146 valence electrons. The highest BCUT2D eigenvalue weighted by molar-refractivity contribution is 7.99. The second kappa shape index (κ2) is 9.41. The number of carbonyl (C=O) groups excluding carboxylic acids is 1. The van der Waals surface area contributed by atoms with E-state index in [1.165, 1.54) is 17.3 Å². The van der Waals surface area contributed by atoms with E-state index in [1.54, 1.807) is 0 Å². The maximum Gasteiger partial charge on any atom is 0.227 e. The van der Waals surface area contributed by atoms with E-state index in [2.05, 4.69) is 48.3 Å². The van der Waals surface area contributed by atoms with Crippen LogP contribution in [0, 0.1) is 0 Å². The van der Waals surface area contributed by atoms with Crippen LogP contribution in [0.15, 0.2) is 59.8 Å². The lowest BCUT2D eigenvalue weighted by Gasteiger charge is -2.18. The molecule has 0 aliphatic rings. The Kier molecular flexibility index (Phi) is 6.71. The number of carbonyl (C=O) groups is 1. The summed E-state index contributed by atoms with van der Waals surface area (Å²) in [6.45, 7) is 4.48. The van der Waals surface area contributed by atoms with Crippen LogP contribution in [0.1, 0.15) is 36.8 Å². The van der Waals surface area contributed by atoms with Crippen molar-refractivity contribution in [3.63, 3.8) is 0 Å². The van der Waals surface area contributed by atoms with Gasteiger partial charge in [0.25, 0.3) is 0 Å². The summed E-state index contributed by atoms with van der Waals surface area (Å²) < 4.78 is 7.94. The molecule has 0 fully saturated rings. The fraction of sp³-hybridized carbons (Fsp3) is 0.286. The van der Waals surface area contributed by atoms with Crippen molar-refractivity contribution < 1.29 is 9.53 Å². The SMILES string of the molecule is CCc1ccc(OCc2nnc(SCC(N)=O)n2[C@H](C)c2ccccc2)cc1. The first-order valence-corrected chi connectivity index (χ1v) is 10.2. The third-order valence-electron chi connectivity index (χ3n) is 4.45. The summed E-state index contributed by atoms with van der Waals surface area (Å²) in [5, 5.41) is 9.22. The first kappa shape index (κ1) is 19.9. The second-order valence-electron chi connectivity index (χ2n) is 6.40. The highest BCUT2D eigenvalue weighted by atomic mass is 32.2. The number of hydrogen-bond acceptors (Lipinski definition) is 5.